The van der Waals surface area contributed by atoms with Crippen LogP contribution in [0.5, 0.6) is 0 Å². The van der Waals surface area contributed by atoms with Gasteiger partial charge in [0.2, 0.25) is 0 Å². The fourth-order valence-corrected chi connectivity index (χ4v) is 1.65. The number of rotatable bonds is 0. The molecular weight excluding hydrogens is 140 g/mol. The molecule has 2 rings (SSSR count). The van der Waals surface area contributed by atoms with Gasteiger partial charge in [-0.15, -0.1) is 0 Å². The average molecular weight is 152 g/mol. The van der Waals surface area contributed by atoms with Crippen LogP contribution in [0.15, 0.2) is 6.20 Å². The maximum Gasteiger partial charge on any atom is 0.0981 e. The van der Waals surface area contributed by atoms with E-state index in [0.717, 1.165) is 25.0 Å². The number of hydrogen-bond acceptors (Lipinski definition) is 2. The van der Waals surface area contributed by atoms with Gasteiger partial charge in [-0.05, 0) is 24.8 Å². The van der Waals surface area contributed by atoms with E-state index in [9.17, 15) is 5.11 Å². The molecular formula is C8H12N2O. The summed E-state index contributed by atoms with van der Waals surface area (Å²) < 4.78 is 1.78. The predicted molar refractivity (Wildman–Crippen MR) is 41.1 cm³/mol. The van der Waals surface area contributed by atoms with Crippen molar-refractivity contribution in [2.75, 3.05) is 0 Å². The molecule has 1 aliphatic rings. The molecule has 1 aromatic heterocycles. The van der Waals surface area contributed by atoms with Crippen molar-refractivity contribution in [2.24, 2.45) is 7.05 Å². The van der Waals surface area contributed by atoms with Crippen LogP contribution in [0.1, 0.15) is 30.2 Å². The monoisotopic (exact) mass is 152 g/mol. The molecule has 1 aliphatic carbocycles. The molecule has 1 unspecified atom stereocenters. The van der Waals surface area contributed by atoms with Crippen LogP contribution in [-0.2, 0) is 13.5 Å². The Labute approximate surface area is 65.7 Å². The van der Waals surface area contributed by atoms with Crippen molar-refractivity contribution in [1.29, 1.82) is 0 Å². The zero-order valence-electron chi connectivity index (χ0n) is 6.62. The SMILES string of the molecule is Cn1cc2c(n1)C(O)CCC2. The number of aryl methyl sites for hydroxylation is 2. The molecule has 3 heteroatoms. The van der Waals surface area contributed by atoms with Crippen LogP contribution in [0.4, 0.5) is 0 Å². The molecule has 0 saturated heterocycles. The largest absolute Gasteiger partial charge is 0.387 e. The number of aromatic nitrogens is 2. The predicted octanol–water partition coefficient (Wildman–Crippen LogP) is 0.790. The van der Waals surface area contributed by atoms with E-state index in [1.165, 1.54) is 5.56 Å². The first-order chi connectivity index (χ1) is 5.27. The molecule has 0 aliphatic heterocycles. The summed E-state index contributed by atoms with van der Waals surface area (Å²) in [6.45, 7) is 0. The third-order valence-electron chi connectivity index (χ3n) is 2.18. The molecule has 0 saturated carbocycles. The highest BCUT2D eigenvalue weighted by Gasteiger charge is 2.20. The highest BCUT2D eigenvalue weighted by atomic mass is 16.3. The Hall–Kier alpha value is -0.830. The number of hydrogen-bond donors (Lipinski definition) is 1. The molecule has 1 heterocycles. The molecule has 1 atom stereocenters. The highest BCUT2D eigenvalue weighted by Crippen LogP contribution is 2.27. The fraction of sp³-hybridized carbons (Fsp3) is 0.625. The molecule has 0 amide bonds. The van der Waals surface area contributed by atoms with Crippen LogP contribution in [0, 0.1) is 0 Å². The molecule has 0 fully saturated rings. The van der Waals surface area contributed by atoms with E-state index in [4.69, 9.17) is 0 Å². The number of nitrogens with zero attached hydrogens (tertiary/aromatic N) is 2. The van der Waals surface area contributed by atoms with Crippen molar-refractivity contribution < 1.29 is 5.11 Å². The van der Waals surface area contributed by atoms with Gasteiger partial charge in [-0.2, -0.15) is 5.10 Å². The summed E-state index contributed by atoms with van der Waals surface area (Å²) in [6.07, 6.45) is 4.70. The van der Waals surface area contributed by atoms with Crippen LogP contribution in [-0.4, -0.2) is 14.9 Å². The Bertz CT molecular complexity index is 267. The van der Waals surface area contributed by atoms with Gasteiger partial charge in [0.25, 0.3) is 0 Å². The van der Waals surface area contributed by atoms with Crippen molar-refractivity contribution in [3.63, 3.8) is 0 Å². The van der Waals surface area contributed by atoms with Crippen LogP contribution in [0.2, 0.25) is 0 Å². The minimum Gasteiger partial charge on any atom is -0.387 e. The minimum absolute atomic E-state index is 0.319. The van der Waals surface area contributed by atoms with E-state index in [-0.39, 0.29) is 6.10 Å². The molecule has 0 radical (unpaired) electrons. The normalized spacial score (nSPS) is 23.3. The van der Waals surface area contributed by atoms with Crippen molar-refractivity contribution in [1.82, 2.24) is 9.78 Å². The second kappa shape index (κ2) is 2.34. The highest BCUT2D eigenvalue weighted by molar-refractivity contribution is 5.21. The van der Waals surface area contributed by atoms with E-state index in [1.807, 2.05) is 13.2 Å². The van der Waals surface area contributed by atoms with Crippen LogP contribution in [0.25, 0.3) is 0 Å². The first-order valence-electron chi connectivity index (χ1n) is 3.98. The summed E-state index contributed by atoms with van der Waals surface area (Å²) >= 11 is 0. The van der Waals surface area contributed by atoms with Crippen molar-refractivity contribution in [3.8, 4) is 0 Å². The molecule has 0 aromatic carbocycles. The summed E-state index contributed by atoms with van der Waals surface area (Å²) in [4.78, 5) is 0. The summed E-state index contributed by atoms with van der Waals surface area (Å²) in [6, 6.07) is 0. The Morgan fingerprint density at radius 3 is 3.27 bits per heavy atom. The van der Waals surface area contributed by atoms with Gasteiger partial charge in [-0.1, -0.05) is 0 Å². The maximum atomic E-state index is 9.50. The van der Waals surface area contributed by atoms with E-state index >= 15 is 0 Å². The van der Waals surface area contributed by atoms with Gasteiger partial charge in [0.05, 0.1) is 11.8 Å². The van der Waals surface area contributed by atoms with Crippen molar-refractivity contribution in [3.05, 3.63) is 17.5 Å². The molecule has 11 heavy (non-hydrogen) atoms. The second-order valence-electron chi connectivity index (χ2n) is 3.12. The van der Waals surface area contributed by atoms with Gasteiger partial charge in [-0.3, -0.25) is 4.68 Å². The third-order valence-corrected chi connectivity index (χ3v) is 2.18. The summed E-state index contributed by atoms with van der Waals surface area (Å²) in [5.74, 6) is 0. The van der Waals surface area contributed by atoms with E-state index < -0.39 is 0 Å². The van der Waals surface area contributed by atoms with Crippen LogP contribution in [0.3, 0.4) is 0 Å². The second-order valence-corrected chi connectivity index (χ2v) is 3.12. The van der Waals surface area contributed by atoms with E-state index in [1.54, 1.807) is 4.68 Å². The lowest BCUT2D eigenvalue weighted by atomic mass is 9.96. The van der Waals surface area contributed by atoms with E-state index in [2.05, 4.69) is 5.10 Å². The van der Waals surface area contributed by atoms with Gasteiger partial charge in [-0.25, -0.2) is 0 Å². The average Bonchev–Trinajstić information content (AvgIpc) is 2.31. The lowest BCUT2D eigenvalue weighted by Crippen LogP contribution is -2.07. The molecule has 0 bridgehead atoms. The van der Waals surface area contributed by atoms with E-state index in [0.29, 0.717) is 0 Å². The topological polar surface area (TPSA) is 38.0 Å². The van der Waals surface area contributed by atoms with Gasteiger partial charge < -0.3 is 5.11 Å². The summed E-state index contributed by atoms with van der Waals surface area (Å²) in [5.41, 5.74) is 2.10. The van der Waals surface area contributed by atoms with Gasteiger partial charge in [0.15, 0.2) is 0 Å². The summed E-state index contributed by atoms with van der Waals surface area (Å²) in [7, 11) is 1.89. The molecule has 1 N–H and O–H groups in total. The first-order valence-corrected chi connectivity index (χ1v) is 3.98. The lowest BCUT2D eigenvalue weighted by Gasteiger charge is -2.14. The molecule has 60 valence electrons. The lowest BCUT2D eigenvalue weighted by molar-refractivity contribution is 0.151. The molecule has 1 aromatic rings. The molecule has 3 nitrogen and oxygen atoms in total. The Balaban J connectivity index is 2.43. The standard InChI is InChI=1S/C8H12N2O/c1-10-5-6-3-2-4-7(11)8(6)9-10/h5,7,11H,2-4H2,1H3. The molecule has 0 spiro atoms. The quantitative estimate of drug-likeness (QED) is 0.597. The van der Waals surface area contributed by atoms with Gasteiger partial charge in [0, 0.05) is 13.2 Å². The third kappa shape index (κ3) is 1.05. The number of aliphatic hydroxyl groups is 1. The summed E-state index contributed by atoms with van der Waals surface area (Å²) in [5, 5.41) is 13.7. The van der Waals surface area contributed by atoms with Crippen molar-refractivity contribution >= 4 is 0 Å². The van der Waals surface area contributed by atoms with Crippen molar-refractivity contribution in [2.45, 2.75) is 25.4 Å². The Morgan fingerprint density at radius 2 is 2.55 bits per heavy atom. The van der Waals surface area contributed by atoms with Crippen LogP contribution < -0.4 is 0 Å². The number of fused-ring (bicyclic) bond motifs is 1. The maximum absolute atomic E-state index is 9.50. The smallest absolute Gasteiger partial charge is 0.0981 e. The number of aliphatic hydroxyl groups excluding tert-OH is 1. The minimum atomic E-state index is -0.319. The zero-order valence-corrected chi connectivity index (χ0v) is 6.62. The van der Waals surface area contributed by atoms with Gasteiger partial charge >= 0.3 is 0 Å². The Kier molecular flexibility index (Phi) is 1.46. The Morgan fingerprint density at radius 1 is 1.73 bits per heavy atom. The first kappa shape index (κ1) is 6.85. The zero-order chi connectivity index (χ0) is 7.84. The fourth-order valence-electron chi connectivity index (χ4n) is 1.65. The van der Waals surface area contributed by atoms with Gasteiger partial charge in [0.1, 0.15) is 0 Å². The van der Waals surface area contributed by atoms with Crippen LogP contribution >= 0.6 is 0 Å².